The number of fused-ring (bicyclic) bond motifs is 1. The fraction of sp³-hybridized carbons (Fsp3) is 0.250. The average molecular weight is 219 g/mol. The molecule has 0 fully saturated rings. The minimum absolute atomic E-state index is 0.329. The molecule has 1 heterocycles. The Morgan fingerprint density at radius 2 is 2.25 bits per heavy atom. The van der Waals surface area contributed by atoms with Gasteiger partial charge in [0, 0.05) is 5.39 Å². The summed E-state index contributed by atoms with van der Waals surface area (Å²) in [5.41, 5.74) is 7.19. The van der Waals surface area contributed by atoms with E-state index in [2.05, 4.69) is 0 Å². The second-order valence-electron chi connectivity index (χ2n) is 3.88. The van der Waals surface area contributed by atoms with Crippen LogP contribution in [0, 0.1) is 6.92 Å². The van der Waals surface area contributed by atoms with Crippen LogP contribution in [0.15, 0.2) is 28.7 Å². The van der Waals surface area contributed by atoms with E-state index in [0.29, 0.717) is 6.42 Å². The zero-order chi connectivity index (χ0) is 11.7. The Kier molecular flexibility index (Phi) is 2.66. The highest BCUT2D eigenvalue weighted by atomic mass is 16.4. The summed E-state index contributed by atoms with van der Waals surface area (Å²) in [5.74, 6) is -0.141. The van der Waals surface area contributed by atoms with Crippen LogP contribution in [0.1, 0.15) is 11.3 Å². The number of aryl methyl sites for hydroxylation is 1. The van der Waals surface area contributed by atoms with Crippen LogP contribution >= 0.6 is 0 Å². The second-order valence-corrected chi connectivity index (χ2v) is 3.88. The number of hydrogen-bond donors (Lipinski definition) is 2. The lowest BCUT2D eigenvalue weighted by molar-refractivity contribution is -0.138. The van der Waals surface area contributed by atoms with Crippen molar-refractivity contribution < 1.29 is 14.3 Å². The van der Waals surface area contributed by atoms with Gasteiger partial charge in [-0.05, 0) is 37.1 Å². The zero-order valence-corrected chi connectivity index (χ0v) is 8.93. The maximum Gasteiger partial charge on any atom is 0.320 e. The second kappa shape index (κ2) is 3.98. The Balaban J connectivity index is 2.28. The Morgan fingerprint density at radius 3 is 2.94 bits per heavy atom. The molecule has 2 rings (SSSR count). The summed E-state index contributed by atoms with van der Waals surface area (Å²) in [6.07, 6.45) is 0.329. The lowest BCUT2D eigenvalue weighted by atomic mass is 10.1. The summed E-state index contributed by atoms with van der Waals surface area (Å²) in [6.45, 7) is 1.88. The van der Waals surface area contributed by atoms with Crippen molar-refractivity contribution in [3.8, 4) is 0 Å². The van der Waals surface area contributed by atoms with Crippen molar-refractivity contribution in [3.05, 3.63) is 35.6 Å². The molecule has 84 valence electrons. The normalized spacial score (nSPS) is 12.9. The van der Waals surface area contributed by atoms with Crippen LogP contribution in [-0.2, 0) is 11.2 Å². The number of carboxylic acid groups (broad SMARTS) is 1. The van der Waals surface area contributed by atoms with E-state index in [1.54, 1.807) is 0 Å². The van der Waals surface area contributed by atoms with Crippen molar-refractivity contribution in [1.29, 1.82) is 0 Å². The van der Waals surface area contributed by atoms with Crippen molar-refractivity contribution in [2.75, 3.05) is 0 Å². The Morgan fingerprint density at radius 1 is 1.50 bits per heavy atom. The summed E-state index contributed by atoms with van der Waals surface area (Å²) in [5, 5.41) is 9.70. The molecule has 0 aliphatic heterocycles. The molecule has 0 aliphatic rings. The summed E-state index contributed by atoms with van der Waals surface area (Å²) >= 11 is 0. The van der Waals surface area contributed by atoms with Crippen LogP contribution in [0.2, 0.25) is 0 Å². The Hall–Kier alpha value is -1.81. The lowest BCUT2D eigenvalue weighted by Gasteiger charge is -2.05. The van der Waals surface area contributed by atoms with E-state index in [-0.39, 0.29) is 0 Å². The topological polar surface area (TPSA) is 76.5 Å². The number of aliphatic carboxylic acids is 1. The van der Waals surface area contributed by atoms with Gasteiger partial charge in [0.1, 0.15) is 17.4 Å². The molecule has 0 saturated heterocycles. The maximum atomic E-state index is 10.6. The molecule has 0 spiro atoms. The molecule has 3 N–H and O–H groups in total. The summed E-state index contributed by atoms with van der Waals surface area (Å²) in [6, 6.07) is 6.66. The Bertz CT molecular complexity index is 530. The first kappa shape index (κ1) is 10.7. The molecule has 16 heavy (non-hydrogen) atoms. The van der Waals surface area contributed by atoms with Gasteiger partial charge in [-0.2, -0.15) is 0 Å². The number of hydrogen-bond acceptors (Lipinski definition) is 3. The number of carboxylic acids is 1. The molecular formula is C12H13NO3. The molecule has 0 aliphatic carbocycles. The molecule has 0 saturated carbocycles. The summed E-state index contributed by atoms with van der Waals surface area (Å²) in [7, 11) is 0. The third-order valence-electron chi connectivity index (χ3n) is 2.48. The van der Waals surface area contributed by atoms with E-state index in [1.165, 1.54) is 0 Å². The highest BCUT2D eigenvalue weighted by Gasteiger charge is 2.12. The molecule has 0 radical (unpaired) electrons. The van der Waals surface area contributed by atoms with Gasteiger partial charge in [0.25, 0.3) is 0 Å². The number of carbonyl (C=O) groups is 1. The first-order valence-corrected chi connectivity index (χ1v) is 5.04. The smallest absolute Gasteiger partial charge is 0.320 e. The van der Waals surface area contributed by atoms with Gasteiger partial charge in [-0.3, -0.25) is 4.79 Å². The van der Waals surface area contributed by atoms with Crippen LogP contribution in [0.25, 0.3) is 11.0 Å². The van der Waals surface area contributed by atoms with Crippen LogP contribution in [0.4, 0.5) is 0 Å². The van der Waals surface area contributed by atoms with Crippen LogP contribution in [0.5, 0.6) is 0 Å². The molecule has 1 aromatic heterocycles. The first-order chi connectivity index (χ1) is 7.56. The van der Waals surface area contributed by atoms with Gasteiger partial charge in [0.05, 0.1) is 0 Å². The van der Waals surface area contributed by atoms with E-state index in [9.17, 15) is 4.79 Å². The Labute approximate surface area is 92.7 Å². The monoisotopic (exact) mass is 219 g/mol. The van der Waals surface area contributed by atoms with E-state index < -0.39 is 12.0 Å². The van der Waals surface area contributed by atoms with Gasteiger partial charge < -0.3 is 15.3 Å². The van der Waals surface area contributed by atoms with E-state index in [0.717, 1.165) is 22.3 Å². The predicted molar refractivity (Wildman–Crippen MR) is 60.3 cm³/mol. The van der Waals surface area contributed by atoms with Crippen molar-refractivity contribution in [2.24, 2.45) is 5.73 Å². The van der Waals surface area contributed by atoms with Crippen molar-refractivity contribution in [3.63, 3.8) is 0 Å². The van der Waals surface area contributed by atoms with E-state index in [4.69, 9.17) is 15.3 Å². The van der Waals surface area contributed by atoms with Gasteiger partial charge in [-0.1, -0.05) is 6.07 Å². The molecule has 2 aromatic rings. The lowest BCUT2D eigenvalue weighted by Crippen LogP contribution is -2.32. The van der Waals surface area contributed by atoms with Crippen LogP contribution in [0.3, 0.4) is 0 Å². The quantitative estimate of drug-likeness (QED) is 0.823. The SMILES string of the molecule is Cc1cc2cc(CC(N)C(=O)O)ccc2o1. The third-order valence-corrected chi connectivity index (χ3v) is 2.48. The van der Waals surface area contributed by atoms with Crippen molar-refractivity contribution in [1.82, 2.24) is 0 Å². The molecular weight excluding hydrogens is 206 g/mol. The molecule has 0 bridgehead atoms. The van der Waals surface area contributed by atoms with Gasteiger partial charge in [0.2, 0.25) is 0 Å². The minimum Gasteiger partial charge on any atom is -0.480 e. The number of rotatable bonds is 3. The minimum atomic E-state index is -0.983. The fourth-order valence-electron chi connectivity index (χ4n) is 1.69. The average Bonchev–Trinajstić information content (AvgIpc) is 2.57. The molecule has 4 nitrogen and oxygen atoms in total. The van der Waals surface area contributed by atoms with E-state index in [1.807, 2.05) is 31.2 Å². The van der Waals surface area contributed by atoms with Gasteiger partial charge in [-0.15, -0.1) is 0 Å². The molecule has 1 unspecified atom stereocenters. The summed E-state index contributed by atoms with van der Waals surface area (Å²) < 4.78 is 5.43. The van der Waals surface area contributed by atoms with Crippen LogP contribution < -0.4 is 5.73 Å². The molecule has 0 amide bonds. The molecule has 1 atom stereocenters. The maximum absolute atomic E-state index is 10.6. The predicted octanol–water partition coefficient (Wildman–Crippen LogP) is 1.70. The van der Waals surface area contributed by atoms with Crippen LogP contribution in [-0.4, -0.2) is 17.1 Å². The largest absolute Gasteiger partial charge is 0.480 e. The number of nitrogens with two attached hydrogens (primary N) is 1. The standard InChI is InChI=1S/C12H13NO3/c1-7-4-9-5-8(2-3-11(9)16-7)6-10(13)12(14)15/h2-5,10H,6,13H2,1H3,(H,14,15). The third kappa shape index (κ3) is 2.06. The first-order valence-electron chi connectivity index (χ1n) is 5.04. The van der Waals surface area contributed by atoms with E-state index >= 15 is 0 Å². The van der Waals surface area contributed by atoms with Gasteiger partial charge in [0.15, 0.2) is 0 Å². The molecule has 1 aromatic carbocycles. The molecule has 4 heteroatoms. The highest BCUT2D eigenvalue weighted by Crippen LogP contribution is 2.20. The van der Waals surface area contributed by atoms with Crippen molar-refractivity contribution in [2.45, 2.75) is 19.4 Å². The highest BCUT2D eigenvalue weighted by molar-refractivity contribution is 5.79. The summed E-state index contributed by atoms with van der Waals surface area (Å²) in [4.78, 5) is 10.6. The van der Waals surface area contributed by atoms with Gasteiger partial charge in [-0.25, -0.2) is 0 Å². The zero-order valence-electron chi connectivity index (χ0n) is 8.93. The van der Waals surface area contributed by atoms with Crippen molar-refractivity contribution >= 4 is 16.9 Å². The fourth-order valence-corrected chi connectivity index (χ4v) is 1.69. The van der Waals surface area contributed by atoms with Gasteiger partial charge >= 0.3 is 5.97 Å². The number of furan rings is 1. The number of benzene rings is 1.